The lowest BCUT2D eigenvalue weighted by atomic mass is 10.2. The number of thioether (sulfide) groups is 1. The van der Waals surface area contributed by atoms with Crippen molar-refractivity contribution in [3.8, 4) is 0 Å². The van der Waals surface area contributed by atoms with Gasteiger partial charge in [0.15, 0.2) is 0 Å². The van der Waals surface area contributed by atoms with Crippen molar-refractivity contribution in [3.63, 3.8) is 0 Å². The van der Waals surface area contributed by atoms with Gasteiger partial charge in [-0.3, -0.25) is 14.2 Å². The topological polar surface area (TPSA) is 55.2 Å². The predicted molar refractivity (Wildman–Crippen MR) is 104 cm³/mol. The van der Waals surface area contributed by atoms with Crippen molar-refractivity contribution in [2.75, 3.05) is 12.3 Å². The monoisotopic (exact) mass is 385 g/mol. The van der Waals surface area contributed by atoms with Gasteiger partial charge in [-0.25, -0.2) is 4.98 Å². The number of carbonyl (C=O) groups is 1. The molecule has 0 saturated carbocycles. The van der Waals surface area contributed by atoms with E-state index < -0.39 is 0 Å². The first kappa shape index (κ1) is 17.1. The van der Waals surface area contributed by atoms with Gasteiger partial charge >= 0.3 is 0 Å². The molecule has 1 aromatic heterocycles. The molecule has 2 heterocycles. The van der Waals surface area contributed by atoms with Crippen LogP contribution in [-0.4, -0.2) is 32.7 Å². The van der Waals surface area contributed by atoms with Gasteiger partial charge in [0.1, 0.15) is 11.9 Å². The maximum Gasteiger partial charge on any atom is 0.261 e. The molecule has 1 aliphatic rings. The zero-order valence-corrected chi connectivity index (χ0v) is 15.4. The first-order valence-electron chi connectivity index (χ1n) is 8.24. The Balaban J connectivity index is 1.59. The zero-order valence-electron chi connectivity index (χ0n) is 13.8. The van der Waals surface area contributed by atoms with Gasteiger partial charge in [0.25, 0.3) is 5.56 Å². The third-order valence-electron chi connectivity index (χ3n) is 4.40. The fourth-order valence-electron chi connectivity index (χ4n) is 3.08. The quantitative estimate of drug-likeness (QED) is 0.694. The summed E-state index contributed by atoms with van der Waals surface area (Å²) in [6.07, 6.45) is 1.45. The van der Waals surface area contributed by atoms with E-state index in [1.165, 1.54) is 10.9 Å². The Hall–Kier alpha value is -2.31. The van der Waals surface area contributed by atoms with Gasteiger partial charge < -0.3 is 4.90 Å². The van der Waals surface area contributed by atoms with E-state index in [9.17, 15) is 9.59 Å². The fourth-order valence-corrected chi connectivity index (χ4v) is 4.49. The minimum absolute atomic E-state index is 0.0126. The molecular weight excluding hydrogens is 370 g/mol. The number of para-hydroxylation sites is 1. The predicted octanol–water partition coefficient (Wildman–Crippen LogP) is 3.32. The number of benzene rings is 2. The van der Waals surface area contributed by atoms with Crippen LogP contribution >= 0.6 is 23.4 Å². The molecule has 0 aliphatic carbocycles. The lowest BCUT2D eigenvalue weighted by Crippen LogP contribution is -2.36. The van der Waals surface area contributed by atoms with E-state index in [4.69, 9.17) is 11.6 Å². The van der Waals surface area contributed by atoms with Crippen LogP contribution in [0.4, 0.5) is 0 Å². The Bertz CT molecular complexity index is 1020. The molecule has 1 unspecified atom stereocenters. The molecule has 3 aromatic rings. The average molecular weight is 386 g/mol. The highest BCUT2D eigenvalue weighted by molar-refractivity contribution is 7.99. The number of aromatic nitrogens is 2. The standard InChI is InChI=1S/C19H16ClN3O2S/c20-14-7-5-13(6-8-14)19-23(9-10-26-19)17(24)11-22-12-21-16-4-2-1-3-15(16)18(22)25/h1-8,12,19H,9-11H2. The summed E-state index contributed by atoms with van der Waals surface area (Å²) in [5.41, 5.74) is 1.48. The second kappa shape index (κ2) is 7.13. The van der Waals surface area contributed by atoms with Gasteiger partial charge in [0.05, 0.1) is 17.2 Å². The Labute approximate surface area is 159 Å². The maximum atomic E-state index is 12.9. The Morgan fingerprint density at radius 3 is 2.77 bits per heavy atom. The minimum Gasteiger partial charge on any atom is -0.324 e. The number of hydrogen-bond acceptors (Lipinski definition) is 4. The molecular formula is C19H16ClN3O2S. The van der Waals surface area contributed by atoms with Gasteiger partial charge in [-0.1, -0.05) is 35.9 Å². The summed E-state index contributed by atoms with van der Waals surface area (Å²) in [7, 11) is 0. The van der Waals surface area contributed by atoms with Crippen LogP contribution in [0.1, 0.15) is 10.9 Å². The summed E-state index contributed by atoms with van der Waals surface area (Å²) in [5.74, 6) is 0.776. The van der Waals surface area contributed by atoms with Crippen LogP contribution in [-0.2, 0) is 11.3 Å². The summed E-state index contributed by atoms with van der Waals surface area (Å²) in [6.45, 7) is 0.647. The largest absolute Gasteiger partial charge is 0.324 e. The summed E-state index contributed by atoms with van der Waals surface area (Å²) >= 11 is 7.67. The number of hydrogen-bond donors (Lipinski definition) is 0. The normalized spacial score (nSPS) is 17.0. The number of halogens is 1. The van der Waals surface area contributed by atoms with Crippen molar-refractivity contribution in [2.24, 2.45) is 0 Å². The second-order valence-corrected chi connectivity index (χ2v) is 7.68. The second-order valence-electron chi connectivity index (χ2n) is 6.06. The summed E-state index contributed by atoms with van der Waals surface area (Å²) in [6, 6.07) is 14.7. The molecule has 0 radical (unpaired) electrons. The van der Waals surface area contributed by atoms with Crippen LogP contribution in [0.15, 0.2) is 59.7 Å². The van der Waals surface area contributed by atoms with Crippen LogP contribution in [0.5, 0.6) is 0 Å². The number of rotatable bonds is 3. The third kappa shape index (κ3) is 3.22. The van der Waals surface area contributed by atoms with Crippen molar-refractivity contribution in [1.29, 1.82) is 0 Å². The van der Waals surface area contributed by atoms with Crippen molar-refractivity contribution < 1.29 is 4.79 Å². The third-order valence-corrected chi connectivity index (χ3v) is 5.92. The first-order valence-corrected chi connectivity index (χ1v) is 9.67. The van der Waals surface area contributed by atoms with Crippen molar-refractivity contribution in [1.82, 2.24) is 14.5 Å². The molecule has 1 aliphatic heterocycles. The summed E-state index contributed by atoms with van der Waals surface area (Å²) < 4.78 is 1.38. The van der Waals surface area contributed by atoms with E-state index in [0.717, 1.165) is 11.3 Å². The van der Waals surface area contributed by atoms with Gasteiger partial charge in [-0.15, -0.1) is 11.8 Å². The summed E-state index contributed by atoms with van der Waals surface area (Å²) in [5, 5.41) is 1.14. The van der Waals surface area contributed by atoms with Gasteiger partial charge in [-0.2, -0.15) is 0 Å². The lowest BCUT2D eigenvalue weighted by Gasteiger charge is -2.24. The lowest BCUT2D eigenvalue weighted by molar-refractivity contribution is -0.132. The number of fused-ring (bicyclic) bond motifs is 1. The number of amides is 1. The van der Waals surface area contributed by atoms with E-state index in [0.29, 0.717) is 22.5 Å². The Kier molecular flexibility index (Phi) is 4.70. The van der Waals surface area contributed by atoms with E-state index >= 15 is 0 Å². The number of carbonyl (C=O) groups excluding carboxylic acids is 1. The fraction of sp³-hybridized carbons (Fsp3) is 0.211. The van der Waals surface area contributed by atoms with Crippen molar-refractivity contribution >= 4 is 40.2 Å². The van der Waals surface area contributed by atoms with Crippen molar-refractivity contribution in [3.05, 3.63) is 75.8 Å². The van der Waals surface area contributed by atoms with Crippen LogP contribution in [0, 0.1) is 0 Å². The highest BCUT2D eigenvalue weighted by atomic mass is 35.5. The van der Waals surface area contributed by atoms with E-state index in [-0.39, 0.29) is 23.4 Å². The smallest absolute Gasteiger partial charge is 0.261 e. The summed E-state index contributed by atoms with van der Waals surface area (Å²) in [4.78, 5) is 31.5. The molecule has 0 N–H and O–H groups in total. The Morgan fingerprint density at radius 1 is 1.19 bits per heavy atom. The maximum absolute atomic E-state index is 12.9. The molecule has 2 aromatic carbocycles. The van der Waals surface area contributed by atoms with Crippen LogP contribution < -0.4 is 5.56 Å². The van der Waals surface area contributed by atoms with Crippen LogP contribution in [0.2, 0.25) is 5.02 Å². The average Bonchev–Trinajstić information content (AvgIpc) is 3.15. The highest BCUT2D eigenvalue weighted by Gasteiger charge is 2.30. The van der Waals surface area contributed by atoms with Crippen LogP contribution in [0.25, 0.3) is 10.9 Å². The molecule has 1 amide bonds. The van der Waals surface area contributed by atoms with Crippen LogP contribution in [0.3, 0.4) is 0 Å². The SMILES string of the molecule is O=C(Cn1cnc2ccccc2c1=O)N1CCSC1c1ccc(Cl)cc1. The molecule has 1 saturated heterocycles. The highest BCUT2D eigenvalue weighted by Crippen LogP contribution is 2.38. The van der Waals surface area contributed by atoms with E-state index in [1.54, 1.807) is 30.0 Å². The van der Waals surface area contributed by atoms with E-state index in [2.05, 4.69) is 4.98 Å². The molecule has 0 bridgehead atoms. The molecule has 132 valence electrons. The van der Waals surface area contributed by atoms with Gasteiger partial charge in [-0.05, 0) is 29.8 Å². The zero-order chi connectivity index (χ0) is 18.1. The molecule has 1 fully saturated rings. The first-order chi connectivity index (χ1) is 12.6. The molecule has 0 spiro atoms. The molecule has 1 atom stereocenters. The van der Waals surface area contributed by atoms with Crippen molar-refractivity contribution in [2.45, 2.75) is 11.9 Å². The number of nitrogens with zero attached hydrogens (tertiary/aromatic N) is 3. The molecule has 5 nitrogen and oxygen atoms in total. The van der Waals surface area contributed by atoms with Gasteiger partial charge in [0, 0.05) is 17.3 Å². The molecule has 4 rings (SSSR count). The molecule has 7 heteroatoms. The van der Waals surface area contributed by atoms with Gasteiger partial charge in [0.2, 0.25) is 5.91 Å². The van der Waals surface area contributed by atoms with E-state index in [1.807, 2.05) is 35.2 Å². The minimum atomic E-state index is -0.196. The molecule has 26 heavy (non-hydrogen) atoms. The Morgan fingerprint density at radius 2 is 1.96 bits per heavy atom.